The molecule has 0 atom stereocenters. The van der Waals surface area contributed by atoms with Crippen molar-refractivity contribution >= 4 is 5.97 Å². The van der Waals surface area contributed by atoms with Crippen molar-refractivity contribution in [1.29, 1.82) is 0 Å². The molecule has 0 saturated heterocycles. The van der Waals surface area contributed by atoms with E-state index in [0.29, 0.717) is 5.69 Å². The van der Waals surface area contributed by atoms with E-state index in [9.17, 15) is 4.79 Å². The van der Waals surface area contributed by atoms with Crippen LogP contribution in [0.1, 0.15) is 36.8 Å². The molecule has 15 heavy (non-hydrogen) atoms. The molecule has 0 radical (unpaired) electrons. The first-order valence-corrected chi connectivity index (χ1v) is 4.50. The monoisotopic (exact) mass is 210 g/mol. The number of rotatable bonds is 2. The molecule has 0 aliphatic carbocycles. The van der Waals surface area contributed by atoms with Crippen LogP contribution in [0, 0.1) is 0 Å². The number of aromatic nitrogens is 2. The summed E-state index contributed by atoms with van der Waals surface area (Å²) in [4.78, 5) is 18.9. The highest BCUT2D eigenvalue weighted by Gasteiger charge is 2.27. The highest BCUT2D eigenvalue weighted by molar-refractivity contribution is 5.91. The third-order valence-electron chi connectivity index (χ3n) is 1.93. The van der Waals surface area contributed by atoms with Crippen LogP contribution in [-0.4, -0.2) is 28.2 Å². The van der Waals surface area contributed by atoms with E-state index in [1.807, 2.05) is 20.8 Å². The molecule has 0 fully saturated rings. The number of nitrogens with zero attached hydrogens (tertiary/aromatic N) is 2. The summed E-state index contributed by atoms with van der Waals surface area (Å²) < 4.78 is 4.91. The smallest absolute Gasteiger partial charge is 0.343 e. The van der Waals surface area contributed by atoms with Crippen LogP contribution in [0.2, 0.25) is 0 Å². The van der Waals surface area contributed by atoms with Gasteiger partial charge in [-0.05, 0) is 0 Å². The predicted molar refractivity (Wildman–Crippen MR) is 54.2 cm³/mol. The standard InChI is InChI=1S/C10H14N2O3/c1-10(2,3)7-6(9(13)14)8(15-4)12-5-11-7/h5H,1-4H3,(H,13,14). The van der Waals surface area contributed by atoms with E-state index in [2.05, 4.69) is 9.97 Å². The molecular formula is C10H14N2O3. The Morgan fingerprint density at radius 3 is 2.40 bits per heavy atom. The number of methoxy groups -OCH3 is 1. The third kappa shape index (κ3) is 2.23. The molecule has 5 nitrogen and oxygen atoms in total. The number of carbonyl (C=O) groups is 1. The maximum Gasteiger partial charge on any atom is 0.343 e. The van der Waals surface area contributed by atoms with Gasteiger partial charge in [0.05, 0.1) is 12.8 Å². The van der Waals surface area contributed by atoms with Crippen molar-refractivity contribution in [3.05, 3.63) is 17.6 Å². The van der Waals surface area contributed by atoms with Crippen LogP contribution in [-0.2, 0) is 5.41 Å². The number of carboxylic acids is 1. The normalized spacial score (nSPS) is 11.2. The zero-order valence-electron chi connectivity index (χ0n) is 9.24. The first-order valence-electron chi connectivity index (χ1n) is 4.50. The van der Waals surface area contributed by atoms with E-state index in [1.165, 1.54) is 13.4 Å². The summed E-state index contributed by atoms with van der Waals surface area (Å²) in [6.45, 7) is 5.67. The molecule has 1 aromatic rings. The molecule has 82 valence electrons. The van der Waals surface area contributed by atoms with Gasteiger partial charge in [0.25, 0.3) is 0 Å². The van der Waals surface area contributed by atoms with E-state index in [4.69, 9.17) is 9.84 Å². The lowest BCUT2D eigenvalue weighted by Gasteiger charge is -2.20. The van der Waals surface area contributed by atoms with Crippen LogP contribution in [0.3, 0.4) is 0 Å². The van der Waals surface area contributed by atoms with Crippen molar-refractivity contribution in [2.24, 2.45) is 0 Å². The van der Waals surface area contributed by atoms with Crippen LogP contribution >= 0.6 is 0 Å². The topological polar surface area (TPSA) is 72.3 Å². The fourth-order valence-corrected chi connectivity index (χ4v) is 1.29. The lowest BCUT2D eigenvalue weighted by molar-refractivity contribution is 0.0688. The van der Waals surface area contributed by atoms with E-state index in [0.717, 1.165) is 0 Å². The van der Waals surface area contributed by atoms with E-state index in [1.54, 1.807) is 0 Å². The predicted octanol–water partition coefficient (Wildman–Crippen LogP) is 1.48. The van der Waals surface area contributed by atoms with Crippen molar-refractivity contribution in [2.45, 2.75) is 26.2 Å². The van der Waals surface area contributed by atoms with Crippen molar-refractivity contribution in [3.63, 3.8) is 0 Å². The zero-order chi connectivity index (χ0) is 11.6. The lowest BCUT2D eigenvalue weighted by atomic mass is 9.89. The van der Waals surface area contributed by atoms with Gasteiger partial charge in [0.15, 0.2) is 0 Å². The summed E-state index contributed by atoms with van der Waals surface area (Å²) in [5.41, 5.74) is 0.151. The SMILES string of the molecule is COc1ncnc(C(C)(C)C)c1C(=O)O. The Kier molecular flexibility index (Phi) is 2.93. The summed E-state index contributed by atoms with van der Waals surface area (Å²) in [5.74, 6) is -0.972. The fourth-order valence-electron chi connectivity index (χ4n) is 1.29. The molecule has 0 amide bonds. The van der Waals surface area contributed by atoms with E-state index in [-0.39, 0.29) is 16.9 Å². The minimum absolute atomic E-state index is 0.0347. The average molecular weight is 210 g/mol. The Balaban J connectivity index is 3.46. The van der Waals surface area contributed by atoms with Gasteiger partial charge in [-0.2, -0.15) is 0 Å². The van der Waals surface area contributed by atoms with Gasteiger partial charge < -0.3 is 9.84 Å². The molecule has 1 heterocycles. The first kappa shape index (κ1) is 11.4. The Hall–Kier alpha value is -1.65. The Labute approximate surface area is 88.1 Å². The van der Waals surface area contributed by atoms with Gasteiger partial charge >= 0.3 is 5.97 Å². The molecule has 0 aliphatic heterocycles. The maximum atomic E-state index is 11.1. The molecule has 1 aromatic heterocycles. The van der Waals surface area contributed by atoms with Crippen molar-refractivity contribution < 1.29 is 14.6 Å². The minimum atomic E-state index is -1.07. The molecular weight excluding hydrogens is 196 g/mol. The van der Waals surface area contributed by atoms with Crippen LogP contribution in [0.4, 0.5) is 0 Å². The van der Waals surface area contributed by atoms with E-state index < -0.39 is 5.97 Å². The molecule has 5 heteroatoms. The highest BCUT2D eigenvalue weighted by atomic mass is 16.5. The molecule has 0 aromatic carbocycles. The number of hydrogen-bond acceptors (Lipinski definition) is 4. The molecule has 0 aliphatic rings. The average Bonchev–Trinajstić information content (AvgIpc) is 2.15. The number of carboxylic acid groups (broad SMARTS) is 1. The molecule has 1 rings (SSSR count). The third-order valence-corrected chi connectivity index (χ3v) is 1.93. The van der Waals surface area contributed by atoms with Gasteiger partial charge in [-0.25, -0.2) is 14.8 Å². The molecule has 0 bridgehead atoms. The Bertz CT molecular complexity index is 383. The zero-order valence-corrected chi connectivity index (χ0v) is 9.24. The second-order valence-electron chi connectivity index (χ2n) is 4.16. The molecule has 0 unspecified atom stereocenters. The number of ether oxygens (including phenoxy) is 1. The molecule has 0 saturated carbocycles. The van der Waals surface area contributed by atoms with Crippen LogP contribution in [0.15, 0.2) is 6.33 Å². The van der Waals surface area contributed by atoms with Crippen molar-refractivity contribution in [1.82, 2.24) is 9.97 Å². The van der Waals surface area contributed by atoms with E-state index >= 15 is 0 Å². The molecule has 0 spiro atoms. The van der Waals surface area contributed by atoms with Gasteiger partial charge in [0.1, 0.15) is 11.9 Å². The van der Waals surface area contributed by atoms with Crippen molar-refractivity contribution in [3.8, 4) is 5.88 Å². The first-order chi connectivity index (χ1) is 6.88. The van der Waals surface area contributed by atoms with Crippen LogP contribution in [0.5, 0.6) is 5.88 Å². The van der Waals surface area contributed by atoms with Crippen molar-refractivity contribution in [2.75, 3.05) is 7.11 Å². The van der Waals surface area contributed by atoms with Gasteiger partial charge in [-0.3, -0.25) is 0 Å². The summed E-state index contributed by atoms with van der Waals surface area (Å²) in [6, 6.07) is 0. The van der Waals surface area contributed by atoms with Crippen LogP contribution in [0.25, 0.3) is 0 Å². The highest BCUT2D eigenvalue weighted by Crippen LogP contribution is 2.27. The maximum absolute atomic E-state index is 11.1. The Morgan fingerprint density at radius 1 is 1.40 bits per heavy atom. The summed E-state index contributed by atoms with van der Waals surface area (Å²) in [7, 11) is 1.39. The summed E-state index contributed by atoms with van der Waals surface area (Å²) in [5, 5.41) is 9.08. The summed E-state index contributed by atoms with van der Waals surface area (Å²) in [6.07, 6.45) is 1.31. The van der Waals surface area contributed by atoms with Gasteiger partial charge in [-0.15, -0.1) is 0 Å². The second-order valence-corrected chi connectivity index (χ2v) is 4.16. The Morgan fingerprint density at radius 2 is 2.00 bits per heavy atom. The van der Waals surface area contributed by atoms with Crippen LogP contribution < -0.4 is 4.74 Å². The second kappa shape index (κ2) is 3.84. The number of aromatic carboxylic acids is 1. The molecule has 1 N–H and O–H groups in total. The quantitative estimate of drug-likeness (QED) is 0.800. The minimum Gasteiger partial charge on any atom is -0.480 e. The van der Waals surface area contributed by atoms with Gasteiger partial charge in [0.2, 0.25) is 5.88 Å². The van der Waals surface area contributed by atoms with Gasteiger partial charge in [-0.1, -0.05) is 20.8 Å². The lowest BCUT2D eigenvalue weighted by Crippen LogP contribution is -2.20. The van der Waals surface area contributed by atoms with Gasteiger partial charge in [0, 0.05) is 5.41 Å². The summed E-state index contributed by atoms with van der Waals surface area (Å²) >= 11 is 0. The fraction of sp³-hybridized carbons (Fsp3) is 0.500. The number of hydrogen-bond donors (Lipinski definition) is 1. The largest absolute Gasteiger partial charge is 0.480 e.